The first-order chi connectivity index (χ1) is 8.52. The summed E-state index contributed by atoms with van der Waals surface area (Å²) in [5, 5.41) is 0. The summed E-state index contributed by atoms with van der Waals surface area (Å²) >= 11 is 0. The minimum absolute atomic E-state index is 0.256. The number of hydrogen-bond acceptors (Lipinski definition) is 4. The van der Waals surface area contributed by atoms with E-state index in [1.807, 2.05) is 12.2 Å². The zero-order chi connectivity index (χ0) is 14.0. The van der Waals surface area contributed by atoms with Crippen molar-refractivity contribution in [3.05, 3.63) is 12.2 Å². The first-order valence-electron chi connectivity index (χ1n) is 6.52. The Morgan fingerprint density at radius 3 is 1.89 bits per heavy atom. The highest BCUT2D eigenvalue weighted by molar-refractivity contribution is 5.99. The van der Waals surface area contributed by atoms with E-state index in [0.717, 1.165) is 12.8 Å². The first-order valence-corrected chi connectivity index (χ1v) is 6.52. The Hall–Kier alpha value is -1.32. The third-order valence-corrected chi connectivity index (χ3v) is 2.60. The Morgan fingerprint density at radius 1 is 1.00 bits per heavy atom. The van der Waals surface area contributed by atoms with Gasteiger partial charge in [0.05, 0.1) is 13.2 Å². The molecule has 18 heavy (non-hydrogen) atoms. The molecule has 0 bridgehead atoms. The van der Waals surface area contributed by atoms with Crippen LogP contribution in [0.4, 0.5) is 0 Å². The molecule has 0 radical (unpaired) electrons. The fourth-order valence-electron chi connectivity index (χ4n) is 1.43. The van der Waals surface area contributed by atoms with E-state index in [9.17, 15) is 9.59 Å². The quantitative estimate of drug-likeness (QED) is 0.380. The van der Waals surface area contributed by atoms with Crippen molar-refractivity contribution >= 4 is 11.9 Å². The second kappa shape index (κ2) is 8.72. The zero-order valence-corrected chi connectivity index (χ0v) is 11.8. The lowest BCUT2D eigenvalue weighted by molar-refractivity contribution is -0.170. The Labute approximate surface area is 109 Å². The van der Waals surface area contributed by atoms with Crippen molar-refractivity contribution in [1.29, 1.82) is 0 Å². The van der Waals surface area contributed by atoms with Crippen molar-refractivity contribution < 1.29 is 19.1 Å². The largest absolute Gasteiger partial charge is 0.465 e. The van der Waals surface area contributed by atoms with Crippen LogP contribution in [0.25, 0.3) is 0 Å². The highest BCUT2D eigenvalue weighted by Crippen LogP contribution is 2.26. The number of ether oxygens (including phenoxy) is 2. The fourth-order valence-corrected chi connectivity index (χ4v) is 1.43. The molecule has 0 rings (SSSR count). The molecule has 0 fully saturated rings. The SMILES string of the molecule is CCC/C=C\CC(C)(C(=O)OCC)C(=O)OCC. The number of carbonyl (C=O) groups excluding carboxylic acids is 2. The summed E-state index contributed by atoms with van der Waals surface area (Å²) in [6.45, 7) is 7.59. The van der Waals surface area contributed by atoms with Crippen molar-refractivity contribution in [2.75, 3.05) is 13.2 Å². The van der Waals surface area contributed by atoms with Crippen LogP contribution in [0.2, 0.25) is 0 Å². The molecular weight excluding hydrogens is 232 g/mol. The normalized spacial score (nSPS) is 11.6. The maximum atomic E-state index is 11.9. The molecule has 0 N–H and O–H groups in total. The van der Waals surface area contributed by atoms with Gasteiger partial charge in [-0.2, -0.15) is 0 Å². The lowest BCUT2D eigenvalue weighted by atomic mass is 9.86. The molecule has 0 saturated carbocycles. The van der Waals surface area contributed by atoms with Gasteiger partial charge in [0, 0.05) is 0 Å². The predicted molar refractivity (Wildman–Crippen MR) is 70.0 cm³/mol. The van der Waals surface area contributed by atoms with Crippen molar-refractivity contribution in [1.82, 2.24) is 0 Å². The molecule has 0 spiro atoms. The van der Waals surface area contributed by atoms with E-state index in [0.29, 0.717) is 6.42 Å². The Morgan fingerprint density at radius 2 is 1.50 bits per heavy atom. The van der Waals surface area contributed by atoms with Gasteiger partial charge in [-0.25, -0.2) is 0 Å². The molecule has 0 heterocycles. The molecule has 0 aromatic rings. The highest BCUT2D eigenvalue weighted by Gasteiger charge is 2.43. The van der Waals surface area contributed by atoms with Crippen LogP contribution in [0, 0.1) is 5.41 Å². The Bertz CT molecular complexity index is 276. The molecule has 0 aliphatic carbocycles. The predicted octanol–water partition coefficient (Wildman–Crippen LogP) is 2.87. The van der Waals surface area contributed by atoms with Gasteiger partial charge in [-0.15, -0.1) is 0 Å². The summed E-state index contributed by atoms with van der Waals surface area (Å²) in [6, 6.07) is 0. The van der Waals surface area contributed by atoms with E-state index in [1.165, 1.54) is 0 Å². The minimum atomic E-state index is -1.24. The standard InChI is InChI=1S/C14H24O4/c1-5-8-9-10-11-14(4,12(15)17-6-2)13(16)18-7-3/h9-10H,5-8,11H2,1-4H3/b10-9-. The summed E-state index contributed by atoms with van der Waals surface area (Å²) in [4.78, 5) is 23.8. The molecular formula is C14H24O4. The van der Waals surface area contributed by atoms with Gasteiger partial charge in [0.2, 0.25) is 0 Å². The van der Waals surface area contributed by atoms with E-state index in [2.05, 4.69) is 6.92 Å². The van der Waals surface area contributed by atoms with Gasteiger partial charge >= 0.3 is 11.9 Å². The van der Waals surface area contributed by atoms with Crippen molar-refractivity contribution in [2.24, 2.45) is 5.41 Å². The second-order valence-electron chi connectivity index (χ2n) is 4.24. The van der Waals surface area contributed by atoms with Crippen LogP contribution in [-0.4, -0.2) is 25.2 Å². The van der Waals surface area contributed by atoms with Gasteiger partial charge in [-0.3, -0.25) is 9.59 Å². The number of allylic oxidation sites excluding steroid dienone is 2. The molecule has 0 saturated heterocycles. The van der Waals surface area contributed by atoms with Gasteiger partial charge in [0.1, 0.15) is 0 Å². The van der Waals surface area contributed by atoms with Crippen LogP contribution in [0.15, 0.2) is 12.2 Å². The van der Waals surface area contributed by atoms with Crippen LogP contribution < -0.4 is 0 Å². The monoisotopic (exact) mass is 256 g/mol. The van der Waals surface area contributed by atoms with Gasteiger partial charge in [0.25, 0.3) is 0 Å². The second-order valence-corrected chi connectivity index (χ2v) is 4.24. The summed E-state index contributed by atoms with van der Waals surface area (Å²) < 4.78 is 9.92. The minimum Gasteiger partial charge on any atom is -0.465 e. The fraction of sp³-hybridized carbons (Fsp3) is 0.714. The molecule has 0 amide bonds. The summed E-state index contributed by atoms with van der Waals surface area (Å²) in [6.07, 6.45) is 6.09. The molecule has 0 unspecified atom stereocenters. The molecule has 4 heteroatoms. The highest BCUT2D eigenvalue weighted by atomic mass is 16.6. The number of unbranched alkanes of at least 4 members (excludes halogenated alkanes) is 1. The van der Waals surface area contributed by atoms with Gasteiger partial charge < -0.3 is 9.47 Å². The van der Waals surface area contributed by atoms with Crippen LogP contribution >= 0.6 is 0 Å². The Kier molecular flexibility index (Phi) is 8.08. The lowest BCUT2D eigenvalue weighted by Gasteiger charge is -2.23. The average Bonchev–Trinajstić information content (AvgIpc) is 2.35. The molecule has 0 aliphatic heterocycles. The Balaban J connectivity index is 4.79. The summed E-state index contributed by atoms with van der Waals surface area (Å²) in [7, 11) is 0. The van der Waals surface area contributed by atoms with E-state index in [4.69, 9.17) is 9.47 Å². The van der Waals surface area contributed by atoms with E-state index in [1.54, 1.807) is 20.8 Å². The van der Waals surface area contributed by atoms with Crippen LogP contribution in [0.1, 0.15) is 47.0 Å². The zero-order valence-electron chi connectivity index (χ0n) is 11.8. The van der Waals surface area contributed by atoms with Gasteiger partial charge in [-0.1, -0.05) is 25.5 Å². The molecule has 0 aliphatic rings. The average molecular weight is 256 g/mol. The third kappa shape index (κ3) is 4.90. The van der Waals surface area contributed by atoms with Crippen LogP contribution in [-0.2, 0) is 19.1 Å². The van der Waals surface area contributed by atoms with Crippen molar-refractivity contribution in [2.45, 2.75) is 47.0 Å². The smallest absolute Gasteiger partial charge is 0.323 e. The maximum absolute atomic E-state index is 11.9. The molecule has 4 nitrogen and oxygen atoms in total. The van der Waals surface area contributed by atoms with E-state index in [-0.39, 0.29) is 13.2 Å². The van der Waals surface area contributed by atoms with Crippen LogP contribution in [0.3, 0.4) is 0 Å². The molecule has 0 atom stereocenters. The van der Waals surface area contributed by atoms with Gasteiger partial charge in [-0.05, 0) is 33.6 Å². The van der Waals surface area contributed by atoms with E-state index >= 15 is 0 Å². The van der Waals surface area contributed by atoms with Gasteiger partial charge in [0.15, 0.2) is 5.41 Å². The molecule has 0 aromatic heterocycles. The molecule has 0 aromatic carbocycles. The summed E-state index contributed by atoms with van der Waals surface area (Å²) in [5.74, 6) is -1.05. The van der Waals surface area contributed by atoms with E-state index < -0.39 is 17.4 Å². The number of esters is 2. The van der Waals surface area contributed by atoms with Crippen molar-refractivity contribution in [3.63, 3.8) is 0 Å². The third-order valence-electron chi connectivity index (χ3n) is 2.60. The van der Waals surface area contributed by atoms with Crippen LogP contribution in [0.5, 0.6) is 0 Å². The molecule has 104 valence electrons. The topological polar surface area (TPSA) is 52.6 Å². The lowest BCUT2D eigenvalue weighted by Crippen LogP contribution is -2.39. The first kappa shape index (κ1) is 16.7. The number of hydrogen-bond donors (Lipinski definition) is 0. The number of rotatable bonds is 8. The number of carbonyl (C=O) groups is 2. The summed E-state index contributed by atoms with van der Waals surface area (Å²) in [5.41, 5.74) is -1.24. The maximum Gasteiger partial charge on any atom is 0.323 e. The van der Waals surface area contributed by atoms with Crippen molar-refractivity contribution in [3.8, 4) is 0 Å².